The predicted octanol–water partition coefficient (Wildman–Crippen LogP) is 4.49. The summed E-state index contributed by atoms with van der Waals surface area (Å²) in [6.45, 7) is 2.75. The number of hydrazone groups is 1. The predicted molar refractivity (Wildman–Crippen MR) is 108 cm³/mol. The van der Waals surface area contributed by atoms with E-state index in [9.17, 15) is 9.90 Å². The highest BCUT2D eigenvalue weighted by atomic mass is 16.5. The van der Waals surface area contributed by atoms with Gasteiger partial charge in [-0.25, -0.2) is 5.43 Å². The molecule has 0 aliphatic rings. The standard InChI is InChI=1S/C22H22N2O3/c1-2-3-14-27-21-13-10-16-6-4-5-7-19(16)20(21)15-23-24-22(26)17-8-11-18(25)12-9-17/h4-13,15,25H,2-3,14H2,1H3,(H,24,26)/b23-15-. The molecule has 0 heterocycles. The molecule has 3 aromatic carbocycles. The Morgan fingerprint density at radius 1 is 1.11 bits per heavy atom. The van der Waals surface area contributed by atoms with Crippen LogP contribution in [0.2, 0.25) is 0 Å². The second-order valence-electron chi connectivity index (χ2n) is 6.15. The lowest BCUT2D eigenvalue weighted by Gasteiger charge is -2.11. The average Bonchev–Trinajstić information content (AvgIpc) is 2.69. The number of aromatic hydroxyl groups is 1. The fraction of sp³-hybridized carbons (Fsp3) is 0.182. The summed E-state index contributed by atoms with van der Waals surface area (Å²) in [4.78, 5) is 12.2. The van der Waals surface area contributed by atoms with Gasteiger partial charge in [-0.05, 0) is 47.5 Å². The number of unbranched alkanes of at least 4 members (excludes halogenated alkanes) is 1. The van der Waals surface area contributed by atoms with Crippen molar-refractivity contribution in [2.24, 2.45) is 5.10 Å². The molecule has 0 radical (unpaired) electrons. The first-order valence-electron chi connectivity index (χ1n) is 8.96. The summed E-state index contributed by atoms with van der Waals surface area (Å²) in [5.41, 5.74) is 3.77. The first-order valence-corrected chi connectivity index (χ1v) is 8.96. The Bertz CT molecular complexity index is 949. The second kappa shape index (κ2) is 8.85. The highest BCUT2D eigenvalue weighted by Crippen LogP contribution is 2.27. The zero-order chi connectivity index (χ0) is 19.1. The zero-order valence-electron chi connectivity index (χ0n) is 15.2. The van der Waals surface area contributed by atoms with Crippen LogP contribution in [0.1, 0.15) is 35.7 Å². The molecule has 5 heteroatoms. The van der Waals surface area contributed by atoms with Gasteiger partial charge in [0.15, 0.2) is 0 Å². The largest absolute Gasteiger partial charge is 0.508 e. The van der Waals surface area contributed by atoms with Crippen molar-refractivity contribution in [2.45, 2.75) is 19.8 Å². The second-order valence-corrected chi connectivity index (χ2v) is 6.15. The van der Waals surface area contributed by atoms with Crippen LogP contribution >= 0.6 is 0 Å². The lowest BCUT2D eigenvalue weighted by molar-refractivity contribution is 0.0955. The molecule has 0 unspecified atom stereocenters. The molecule has 138 valence electrons. The summed E-state index contributed by atoms with van der Waals surface area (Å²) in [7, 11) is 0. The van der Waals surface area contributed by atoms with Crippen molar-refractivity contribution in [2.75, 3.05) is 6.61 Å². The molecule has 27 heavy (non-hydrogen) atoms. The van der Waals surface area contributed by atoms with Gasteiger partial charge in [0.1, 0.15) is 11.5 Å². The molecule has 0 aliphatic heterocycles. The molecule has 5 nitrogen and oxygen atoms in total. The van der Waals surface area contributed by atoms with Gasteiger partial charge in [-0.3, -0.25) is 4.79 Å². The summed E-state index contributed by atoms with van der Waals surface area (Å²) < 4.78 is 5.91. The minimum absolute atomic E-state index is 0.111. The first-order chi connectivity index (χ1) is 13.2. The van der Waals surface area contributed by atoms with Crippen molar-refractivity contribution in [1.82, 2.24) is 5.43 Å². The highest BCUT2D eigenvalue weighted by Gasteiger charge is 2.08. The summed E-state index contributed by atoms with van der Waals surface area (Å²) in [5.74, 6) is 0.504. The van der Waals surface area contributed by atoms with E-state index in [0.29, 0.717) is 12.2 Å². The van der Waals surface area contributed by atoms with Gasteiger partial charge >= 0.3 is 0 Å². The first kappa shape index (κ1) is 18.5. The molecule has 0 bridgehead atoms. The molecular formula is C22H22N2O3. The third kappa shape index (κ3) is 4.64. The molecule has 0 fully saturated rings. The number of rotatable bonds is 7. The third-order valence-corrected chi connectivity index (χ3v) is 4.18. The number of ether oxygens (including phenoxy) is 1. The number of hydrogen-bond acceptors (Lipinski definition) is 4. The quantitative estimate of drug-likeness (QED) is 0.370. The maximum Gasteiger partial charge on any atom is 0.271 e. The monoisotopic (exact) mass is 362 g/mol. The Balaban J connectivity index is 1.83. The topological polar surface area (TPSA) is 70.9 Å². The zero-order valence-corrected chi connectivity index (χ0v) is 15.2. The van der Waals surface area contributed by atoms with E-state index < -0.39 is 0 Å². The maximum absolute atomic E-state index is 12.2. The number of phenols is 1. The van der Waals surface area contributed by atoms with Gasteiger partial charge in [0.05, 0.1) is 12.8 Å². The summed E-state index contributed by atoms with van der Waals surface area (Å²) in [6.07, 6.45) is 3.64. The molecule has 0 spiro atoms. The Hall–Kier alpha value is -3.34. The lowest BCUT2D eigenvalue weighted by Crippen LogP contribution is -2.17. The van der Waals surface area contributed by atoms with Crippen molar-refractivity contribution in [3.63, 3.8) is 0 Å². The van der Waals surface area contributed by atoms with E-state index in [0.717, 1.165) is 34.9 Å². The Morgan fingerprint density at radius 3 is 2.67 bits per heavy atom. The van der Waals surface area contributed by atoms with Crippen LogP contribution in [0.3, 0.4) is 0 Å². The molecular weight excluding hydrogens is 340 g/mol. The Morgan fingerprint density at radius 2 is 1.89 bits per heavy atom. The van der Waals surface area contributed by atoms with Crippen LogP contribution in [-0.4, -0.2) is 23.8 Å². The number of carbonyl (C=O) groups excluding carboxylic acids is 1. The van der Waals surface area contributed by atoms with E-state index in [-0.39, 0.29) is 11.7 Å². The van der Waals surface area contributed by atoms with E-state index in [2.05, 4.69) is 17.5 Å². The van der Waals surface area contributed by atoms with E-state index in [1.165, 1.54) is 24.3 Å². The van der Waals surface area contributed by atoms with E-state index in [1.807, 2.05) is 36.4 Å². The van der Waals surface area contributed by atoms with Crippen LogP contribution in [-0.2, 0) is 0 Å². The molecule has 3 aromatic rings. The number of phenolic OH excluding ortho intramolecular Hbond substituents is 1. The van der Waals surface area contributed by atoms with Gasteiger partial charge in [-0.15, -0.1) is 0 Å². The van der Waals surface area contributed by atoms with E-state index in [1.54, 1.807) is 6.21 Å². The maximum atomic E-state index is 12.2. The fourth-order valence-electron chi connectivity index (χ4n) is 2.69. The van der Waals surface area contributed by atoms with Crippen LogP contribution in [0, 0.1) is 0 Å². The Kier molecular flexibility index (Phi) is 6.05. The molecule has 2 N–H and O–H groups in total. The summed E-state index contributed by atoms with van der Waals surface area (Å²) >= 11 is 0. The minimum atomic E-state index is -0.347. The van der Waals surface area contributed by atoms with E-state index in [4.69, 9.17) is 4.74 Å². The number of amides is 1. The summed E-state index contributed by atoms with van der Waals surface area (Å²) in [5, 5.41) is 15.5. The molecule has 0 aromatic heterocycles. The molecule has 0 aliphatic carbocycles. The van der Waals surface area contributed by atoms with Crippen LogP contribution in [0.15, 0.2) is 65.8 Å². The van der Waals surface area contributed by atoms with Gasteiger partial charge in [0, 0.05) is 11.1 Å². The van der Waals surface area contributed by atoms with Crippen molar-refractivity contribution < 1.29 is 14.6 Å². The number of hydrogen-bond donors (Lipinski definition) is 2. The van der Waals surface area contributed by atoms with E-state index >= 15 is 0 Å². The van der Waals surface area contributed by atoms with Gasteiger partial charge in [-0.2, -0.15) is 5.10 Å². The third-order valence-electron chi connectivity index (χ3n) is 4.18. The number of nitrogens with zero attached hydrogens (tertiary/aromatic N) is 1. The number of benzene rings is 3. The molecule has 0 atom stereocenters. The lowest BCUT2D eigenvalue weighted by atomic mass is 10.0. The Labute approximate surface area is 158 Å². The molecule has 3 rings (SSSR count). The van der Waals surface area contributed by atoms with Crippen LogP contribution in [0.5, 0.6) is 11.5 Å². The van der Waals surface area contributed by atoms with Gasteiger partial charge in [0.2, 0.25) is 0 Å². The van der Waals surface area contributed by atoms with Crippen LogP contribution < -0.4 is 10.2 Å². The SMILES string of the molecule is CCCCOc1ccc2ccccc2c1/C=N\NC(=O)c1ccc(O)cc1. The number of carbonyl (C=O) groups is 1. The fourth-order valence-corrected chi connectivity index (χ4v) is 2.69. The molecule has 0 saturated heterocycles. The normalized spacial score (nSPS) is 11.0. The highest BCUT2D eigenvalue weighted by molar-refractivity contribution is 6.03. The molecule has 0 saturated carbocycles. The smallest absolute Gasteiger partial charge is 0.271 e. The van der Waals surface area contributed by atoms with Crippen LogP contribution in [0.25, 0.3) is 10.8 Å². The molecule has 1 amide bonds. The van der Waals surface area contributed by atoms with Crippen molar-refractivity contribution >= 4 is 22.9 Å². The van der Waals surface area contributed by atoms with Crippen LogP contribution in [0.4, 0.5) is 0 Å². The minimum Gasteiger partial charge on any atom is -0.508 e. The van der Waals surface area contributed by atoms with Gasteiger partial charge < -0.3 is 9.84 Å². The van der Waals surface area contributed by atoms with Gasteiger partial charge in [-0.1, -0.05) is 43.7 Å². The summed E-state index contributed by atoms with van der Waals surface area (Å²) in [6, 6.07) is 17.9. The average molecular weight is 362 g/mol. The van der Waals surface area contributed by atoms with Crippen molar-refractivity contribution in [1.29, 1.82) is 0 Å². The number of nitrogens with one attached hydrogen (secondary N) is 1. The van der Waals surface area contributed by atoms with Crippen molar-refractivity contribution in [3.8, 4) is 11.5 Å². The number of fused-ring (bicyclic) bond motifs is 1. The van der Waals surface area contributed by atoms with Crippen molar-refractivity contribution in [3.05, 3.63) is 71.8 Å². The van der Waals surface area contributed by atoms with Gasteiger partial charge in [0.25, 0.3) is 5.91 Å².